The van der Waals surface area contributed by atoms with Gasteiger partial charge < -0.3 is 20.2 Å². The van der Waals surface area contributed by atoms with Gasteiger partial charge in [0.25, 0.3) is 5.91 Å². The van der Waals surface area contributed by atoms with Crippen LogP contribution in [0.2, 0.25) is 0 Å². The number of rotatable bonds is 9. The molecule has 2 saturated carbocycles. The number of pyridine rings is 1. The van der Waals surface area contributed by atoms with E-state index in [0.29, 0.717) is 41.6 Å². The predicted octanol–water partition coefficient (Wildman–Crippen LogP) is 7.58. The van der Waals surface area contributed by atoms with Crippen molar-refractivity contribution >= 4 is 61.4 Å². The standard InChI is InChI=1S/C44H50F3N7O5S/c1-43(2,59)29-22-32-37(23-31(29)49-40(57)30-7-5-10-38(48-30)44(45,46)47)60-41(50-32)26-13-11-25(12-14-26)24-51(3)27-17-19-53(20-18-27)34-8-6-9-35-39(34)52(4)42(58)54(35)33-16-15-28(55)21-36(33)56/h5-10,22-23,25-27,33,59H,11-21,24H2,1-4H3,(H,49,57). The van der Waals surface area contributed by atoms with Crippen molar-refractivity contribution in [1.29, 1.82) is 0 Å². The number of nitrogens with zero attached hydrogens (tertiary/aromatic N) is 6. The van der Waals surface area contributed by atoms with Gasteiger partial charge in [-0.2, -0.15) is 13.2 Å². The SMILES string of the molecule is CN(CC1CCC(c2nc3cc(C(C)(C)O)c(NC(=O)c4cccc(C(F)(F)F)n4)cc3s2)CC1)C1CCN(c2cccc3c2n(C)c(=O)n3C2CCC(=O)CC2=O)CC1. The number of para-hydroxylation sites is 1. The third-order valence-electron chi connectivity index (χ3n) is 12.7. The number of thiazole rings is 1. The Bertz CT molecular complexity index is 2520. The minimum atomic E-state index is -4.69. The Morgan fingerprint density at radius 2 is 1.68 bits per heavy atom. The summed E-state index contributed by atoms with van der Waals surface area (Å²) in [5.74, 6) is -0.245. The zero-order chi connectivity index (χ0) is 42.7. The van der Waals surface area contributed by atoms with E-state index in [2.05, 4.69) is 33.2 Å². The van der Waals surface area contributed by atoms with Gasteiger partial charge in [0.05, 0.1) is 50.0 Å². The smallest absolute Gasteiger partial charge is 0.386 e. The minimum Gasteiger partial charge on any atom is -0.386 e. The summed E-state index contributed by atoms with van der Waals surface area (Å²) < 4.78 is 43.9. The van der Waals surface area contributed by atoms with Gasteiger partial charge in [-0.05, 0) is 108 Å². The van der Waals surface area contributed by atoms with E-state index in [1.165, 1.54) is 6.07 Å². The highest BCUT2D eigenvalue weighted by Crippen LogP contribution is 2.42. The number of nitrogens with one attached hydrogen (secondary N) is 1. The van der Waals surface area contributed by atoms with Crippen molar-refractivity contribution in [3.05, 3.63) is 81.0 Å². The van der Waals surface area contributed by atoms with Crippen molar-refractivity contribution in [3.63, 3.8) is 0 Å². The van der Waals surface area contributed by atoms with E-state index in [-0.39, 0.29) is 35.3 Å². The van der Waals surface area contributed by atoms with Crippen LogP contribution in [0, 0.1) is 5.92 Å². The van der Waals surface area contributed by atoms with Gasteiger partial charge in [0, 0.05) is 56.3 Å². The molecule has 1 saturated heterocycles. The number of fused-ring (bicyclic) bond motifs is 2. The van der Waals surface area contributed by atoms with Gasteiger partial charge in [-0.1, -0.05) is 12.1 Å². The Balaban J connectivity index is 0.885. The van der Waals surface area contributed by atoms with Crippen molar-refractivity contribution in [2.45, 2.75) is 101 Å². The second-order valence-electron chi connectivity index (χ2n) is 17.3. The molecule has 12 nitrogen and oxygen atoms in total. The van der Waals surface area contributed by atoms with Crippen molar-refractivity contribution in [1.82, 2.24) is 24.0 Å². The van der Waals surface area contributed by atoms with Crippen molar-refractivity contribution in [3.8, 4) is 0 Å². The number of halogens is 3. The summed E-state index contributed by atoms with van der Waals surface area (Å²) in [7, 11) is 3.98. The predicted molar refractivity (Wildman–Crippen MR) is 225 cm³/mol. The zero-order valence-electron chi connectivity index (χ0n) is 34.2. The number of imidazole rings is 1. The second kappa shape index (κ2) is 16.2. The van der Waals surface area contributed by atoms with Gasteiger partial charge in [-0.25, -0.2) is 14.8 Å². The summed E-state index contributed by atoms with van der Waals surface area (Å²) >= 11 is 1.54. The molecule has 8 rings (SSSR count). The number of hydrogen-bond donors (Lipinski definition) is 2. The number of Topliss-reactive ketones (excluding diaryl/α,β-unsaturated/α-hetero) is 2. The van der Waals surface area contributed by atoms with E-state index >= 15 is 0 Å². The van der Waals surface area contributed by atoms with Gasteiger partial charge in [-0.3, -0.25) is 23.5 Å². The Kier molecular flexibility index (Phi) is 11.3. The van der Waals surface area contributed by atoms with Crippen LogP contribution < -0.4 is 15.9 Å². The molecule has 0 spiro atoms. The second-order valence-corrected chi connectivity index (χ2v) is 18.4. The van der Waals surface area contributed by atoms with E-state index in [1.54, 1.807) is 53.5 Å². The lowest BCUT2D eigenvalue weighted by Gasteiger charge is -2.40. The Hall–Kier alpha value is -4.93. The van der Waals surface area contributed by atoms with E-state index in [4.69, 9.17) is 4.98 Å². The molecule has 1 atom stereocenters. The first-order valence-electron chi connectivity index (χ1n) is 20.7. The molecule has 2 N–H and O–H groups in total. The maximum Gasteiger partial charge on any atom is 0.433 e. The number of aryl methyl sites for hydroxylation is 1. The molecule has 1 unspecified atom stereocenters. The average molecular weight is 846 g/mol. The van der Waals surface area contributed by atoms with Crippen LogP contribution in [0.5, 0.6) is 0 Å². The molecule has 3 aliphatic rings. The molecule has 0 radical (unpaired) electrons. The number of amides is 1. The molecule has 1 amide bonds. The van der Waals surface area contributed by atoms with Crippen molar-refractivity contribution in [2.75, 3.05) is 36.9 Å². The third kappa shape index (κ3) is 8.25. The number of alkyl halides is 3. The Morgan fingerprint density at radius 1 is 0.967 bits per heavy atom. The summed E-state index contributed by atoms with van der Waals surface area (Å²) in [5, 5.41) is 14.7. The Morgan fingerprint density at radius 3 is 2.37 bits per heavy atom. The molecule has 3 fully saturated rings. The molecule has 2 aromatic carbocycles. The highest BCUT2D eigenvalue weighted by molar-refractivity contribution is 7.18. The van der Waals surface area contributed by atoms with Gasteiger partial charge in [0.1, 0.15) is 17.2 Å². The molecule has 2 aliphatic carbocycles. The first-order valence-corrected chi connectivity index (χ1v) is 21.5. The van der Waals surface area contributed by atoms with Crippen LogP contribution in [0.25, 0.3) is 21.3 Å². The van der Waals surface area contributed by atoms with Crippen LogP contribution >= 0.6 is 11.3 Å². The lowest BCUT2D eigenvalue weighted by Crippen LogP contribution is -2.45. The highest BCUT2D eigenvalue weighted by Gasteiger charge is 2.35. The van der Waals surface area contributed by atoms with Gasteiger partial charge >= 0.3 is 11.9 Å². The number of carbonyl (C=O) groups is 3. The van der Waals surface area contributed by atoms with Crippen LogP contribution in [0.3, 0.4) is 0 Å². The quantitative estimate of drug-likeness (QED) is 0.144. The summed E-state index contributed by atoms with van der Waals surface area (Å²) in [6.07, 6.45) is 1.93. The monoisotopic (exact) mass is 845 g/mol. The molecule has 318 valence electrons. The molecule has 60 heavy (non-hydrogen) atoms. The van der Waals surface area contributed by atoms with Crippen LogP contribution in [0.1, 0.15) is 110 Å². The lowest BCUT2D eigenvalue weighted by atomic mass is 9.82. The first kappa shape index (κ1) is 41.8. The summed E-state index contributed by atoms with van der Waals surface area (Å²) in [4.78, 5) is 64.7. The number of benzene rings is 2. The fourth-order valence-electron chi connectivity index (χ4n) is 9.48. The average Bonchev–Trinajstić information content (AvgIpc) is 3.74. The molecule has 16 heteroatoms. The number of carbonyl (C=O) groups excluding carboxylic acids is 3. The fraction of sp³-hybridized carbons (Fsp3) is 0.500. The number of piperidine rings is 1. The highest BCUT2D eigenvalue weighted by atomic mass is 32.1. The molecule has 0 bridgehead atoms. The number of aromatic nitrogens is 4. The summed E-state index contributed by atoms with van der Waals surface area (Å²) in [6.45, 7) is 5.86. The Labute approximate surface area is 349 Å². The van der Waals surface area contributed by atoms with Crippen LogP contribution in [0.4, 0.5) is 24.5 Å². The van der Waals surface area contributed by atoms with Crippen LogP contribution in [0.15, 0.2) is 53.3 Å². The normalized spacial score (nSPS) is 21.1. The molecule has 1 aliphatic heterocycles. The van der Waals surface area contributed by atoms with E-state index < -0.39 is 29.4 Å². The fourth-order valence-corrected chi connectivity index (χ4v) is 10.6. The van der Waals surface area contributed by atoms with E-state index in [1.807, 2.05) is 12.1 Å². The number of hydrogen-bond acceptors (Lipinski definition) is 10. The molecular formula is C44H50F3N7O5S. The number of anilines is 2. The molecular weight excluding hydrogens is 796 g/mol. The number of aliphatic hydroxyl groups is 1. The largest absolute Gasteiger partial charge is 0.433 e. The summed E-state index contributed by atoms with van der Waals surface area (Å²) in [5.41, 5.74) is 0.792. The van der Waals surface area contributed by atoms with Gasteiger partial charge in [-0.15, -0.1) is 11.3 Å². The number of ketones is 2. The van der Waals surface area contributed by atoms with E-state index in [0.717, 1.165) is 96.7 Å². The third-order valence-corrected chi connectivity index (χ3v) is 13.9. The first-order chi connectivity index (χ1) is 28.5. The lowest BCUT2D eigenvalue weighted by molar-refractivity contribution is -0.141. The minimum absolute atomic E-state index is 0.0667. The summed E-state index contributed by atoms with van der Waals surface area (Å²) in [6, 6.07) is 12.4. The van der Waals surface area contributed by atoms with Crippen LogP contribution in [-0.4, -0.2) is 79.3 Å². The van der Waals surface area contributed by atoms with Gasteiger partial charge in [0.15, 0.2) is 5.78 Å². The molecule has 5 aromatic rings. The zero-order valence-corrected chi connectivity index (χ0v) is 35.0. The van der Waals surface area contributed by atoms with Crippen LogP contribution in [-0.2, 0) is 28.4 Å². The van der Waals surface area contributed by atoms with Crippen molar-refractivity contribution < 1.29 is 32.7 Å². The molecule has 4 heterocycles. The maximum absolute atomic E-state index is 13.5. The van der Waals surface area contributed by atoms with Gasteiger partial charge in [0.2, 0.25) is 0 Å². The maximum atomic E-state index is 13.5. The van der Waals surface area contributed by atoms with Crippen molar-refractivity contribution in [2.24, 2.45) is 13.0 Å². The molecule has 3 aromatic heterocycles. The topological polar surface area (TPSA) is 143 Å². The van der Waals surface area contributed by atoms with E-state index in [9.17, 15) is 37.5 Å².